The van der Waals surface area contributed by atoms with Crippen LogP contribution in [0.4, 0.5) is 39.5 Å². The smallest absolute Gasteiger partial charge is 0.428 e. The van der Waals surface area contributed by atoms with Crippen LogP contribution in [0.5, 0.6) is 5.75 Å². The van der Waals surface area contributed by atoms with Crippen LogP contribution in [-0.2, 0) is 12.7 Å². The van der Waals surface area contributed by atoms with Gasteiger partial charge in [0.1, 0.15) is 17.4 Å². The molecular weight excluding hydrogens is 603 g/mol. The van der Waals surface area contributed by atoms with E-state index in [-0.39, 0.29) is 23.7 Å². The second-order valence-corrected chi connectivity index (χ2v) is 9.38. The molecular formula is C31H25F9N2O2. The van der Waals surface area contributed by atoms with E-state index in [1.54, 1.807) is 0 Å². The van der Waals surface area contributed by atoms with Crippen molar-refractivity contribution in [2.45, 2.75) is 38.2 Å². The minimum absolute atomic E-state index is 0.119. The van der Waals surface area contributed by atoms with E-state index in [0.717, 1.165) is 18.2 Å². The van der Waals surface area contributed by atoms with Gasteiger partial charge in [-0.05, 0) is 53.9 Å². The second kappa shape index (κ2) is 14.3. The molecule has 0 saturated carbocycles. The number of amides is 1. The summed E-state index contributed by atoms with van der Waals surface area (Å²) in [4.78, 5) is 12.8. The monoisotopic (exact) mass is 628 g/mol. The quantitative estimate of drug-likeness (QED) is 0.194. The average Bonchev–Trinajstić information content (AvgIpc) is 2.95. The van der Waals surface area contributed by atoms with E-state index >= 15 is 0 Å². The summed E-state index contributed by atoms with van der Waals surface area (Å²) < 4.78 is 123. The average molecular weight is 629 g/mol. The zero-order chi connectivity index (χ0) is 32.7. The molecule has 4 rings (SSSR count). The van der Waals surface area contributed by atoms with E-state index in [4.69, 9.17) is 5.73 Å². The number of hydrogen-bond acceptors (Lipinski definition) is 3. The SMILES string of the molecule is Cc1ccccc1.NCc1ccc([C@@H](NC(=O)c2ccc(F)c(C(F)(F)F)c2)c2cc(F)cc(OC(F)(F)C(F)F)c2)cc1. The lowest BCUT2D eigenvalue weighted by Crippen LogP contribution is -2.33. The highest BCUT2D eigenvalue weighted by Crippen LogP contribution is 2.34. The molecule has 0 radical (unpaired) electrons. The van der Waals surface area contributed by atoms with Gasteiger partial charge in [0.2, 0.25) is 0 Å². The zero-order valence-electron chi connectivity index (χ0n) is 22.8. The number of benzene rings is 4. The van der Waals surface area contributed by atoms with Gasteiger partial charge in [-0.2, -0.15) is 30.7 Å². The van der Waals surface area contributed by atoms with E-state index in [1.807, 2.05) is 18.2 Å². The van der Waals surface area contributed by atoms with Gasteiger partial charge in [0, 0.05) is 18.2 Å². The van der Waals surface area contributed by atoms with Crippen molar-refractivity contribution in [1.29, 1.82) is 0 Å². The number of ether oxygens (including phenoxy) is 1. The third kappa shape index (κ3) is 9.24. The maximum Gasteiger partial charge on any atom is 0.461 e. The number of halogens is 9. The van der Waals surface area contributed by atoms with Crippen LogP contribution < -0.4 is 15.8 Å². The third-order valence-electron chi connectivity index (χ3n) is 6.03. The summed E-state index contributed by atoms with van der Waals surface area (Å²) in [6.45, 7) is 2.20. The first-order chi connectivity index (χ1) is 20.6. The van der Waals surface area contributed by atoms with Crippen molar-refractivity contribution in [3.8, 4) is 5.75 Å². The molecule has 0 unspecified atom stereocenters. The molecule has 4 aromatic carbocycles. The molecule has 13 heteroatoms. The van der Waals surface area contributed by atoms with Gasteiger partial charge >= 0.3 is 18.7 Å². The Bertz CT molecular complexity index is 1540. The van der Waals surface area contributed by atoms with E-state index in [1.165, 1.54) is 29.8 Å². The Morgan fingerprint density at radius 3 is 2.00 bits per heavy atom. The molecule has 0 aliphatic heterocycles. The summed E-state index contributed by atoms with van der Waals surface area (Å²) in [5.74, 6) is -4.98. The number of nitrogens with two attached hydrogens (primary N) is 1. The van der Waals surface area contributed by atoms with Crippen molar-refractivity contribution in [2.75, 3.05) is 0 Å². The summed E-state index contributed by atoms with van der Waals surface area (Å²) in [6, 6.07) is 18.1. The number of aryl methyl sites for hydroxylation is 1. The molecule has 1 atom stereocenters. The lowest BCUT2D eigenvalue weighted by Gasteiger charge is -2.23. The molecule has 234 valence electrons. The summed E-state index contributed by atoms with van der Waals surface area (Å²) in [5, 5.41) is 2.32. The first kappa shape index (κ1) is 34.0. The van der Waals surface area contributed by atoms with Gasteiger partial charge < -0.3 is 15.8 Å². The molecule has 44 heavy (non-hydrogen) atoms. The summed E-state index contributed by atoms with van der Waals surface area (Å²) in [7, 11) is 0. The van der Waals surface area contributed by atoms with Crippen LogP contribution >= 0.6 is 0 Å². The Balaban J connectivity index is 0.000000662. The van der Waals surface area contributed by atoms with Crippen molar-refractivity contribution in [1.82, 2.24) is 5.32 Å². The lowest BCUT2D eigenvalue weighted by molar-refractivity contribution is -0.253. The van der Waals surface area contributed by atoms with Gasteiger partial charge in [0.15, 0.2) is 0 Å². The second-order valence-electron chi connectivity index (χ2n) is 9.38. The molecule has 1 amide bonds. The Morgan fingerprint density at radius 2 is 1.48 bits per heavy atom. The van der Waals surface area contributed by atoms with Crippen LogP contribution in [0.25, 0.3) is 0 Å². The number of hydrogen-bond donors (Lipinski definition) is 2. The molecule has 0 bridgehead atoms. The highest BCUT2D eigenvalue weighted by atomic mass is 19.4. The van der Waals surface area contributed by atoms with Crippen molar-refractivity contribution in [3.63, 3.8) is 0 Å². The molecule has 0 saturated heterocycles. The van der Waals surface area contributed by atoms with Gasteiger partial charge in [-0.15, -0.1) is 0 Å². The molecule has 4 aromatic rings. The topological polar surface area (TPSA) is 64.3 Å². The third-order valence-corrected chi connectivity index (χ3v) is 6.03. The van der Waals surface area contributed by atoms with Crippen molar-refractivity contribution >= 4 is 5.91 Å². The Morgan fingerprint density at radius 1 is 0.841 bits per heavy atom. The number of carbonyl (C=O) groups is 1. The van der Waals surface area contributed by atoms with Gasteiger partial charge in [0.05, 0.1) is 11.6 Å². The Hall–Kier alpha value is -4.52. The van der Waals surface area contributed by atoms with Crippen LogP contribution in [0.15, 0.2) is 91.0 Å². The maximum absolute atomic E-state index is 14.3. The predicted molar refractivity (Wildman–Crippen MR) is 144 cm³/mol. The standard InChI is InChI=1S/C24H17F9N2O2.C7H8/c25-16-7-15(8-17(10-16)37-24(32,33)22(27)28)20(13-3-1-12(11-34)2-4-13)35-21(36)14-5-6-19(26)18(9-14)23(29,30)31;1-7-5-3-2-4-6-7/h1-10,20,22H,11,34H2,(H,35,36);2-6H,1H3/t20-;/m1./s1. The molecule has 4 nitrogen and oxygen atoms in total. The van der Waals surface area contributed by atoms with Gasteiger partial charge in [-0.1, -0.05) is 60.2 Å². The largest absolute Gasteiger partial charge is 0.461 e. The van der Waals surface area contributed by atoms with Crippen LogP contribution in [-0.4, -0.2) is 18.4 Å². The summed E-state index contributed by atoms with van der Waals surface area (Å²) in [5.41, 5.74) is 5.09. The first-order valence-electron chi connectivity index (χ1n) is 12.7. The fraction of sp³-hybridized carbons (Fsp3) is 0.194. The van der Waals surface area contributed by atoms with E-state index in [2.05, 4.69) is 29.1 Å². The normalized spacial score (nSPS) is 12.3. The molecule has 0 aromatic heterocycles. The van der Waals surface area contributed by atoms with E-state index in [9.17, 15) is 44.3 Å². The molecule has 0 aliphatic carbocycles. The molecule has 0 aliphatic rings. The Labute approximate surface area is 246 Å². The number of alkyl halides is 7. The van der Waals surface area contributed by atoms with Crippen LogP contribution in [0.3, 0.4) is 0 Å². The summed E-state index contributed by atoms with van der Waals surface area (Å²) >= 11 is 0. The molecule has 0 fully saturated rings. The van der Waals surface area contributed by atoms with Crippen molar-refractivity contribution < 1.29 is 49.0 Å². The zero-order valence-corrected chi connectivity index (χ0v) is 22.8. The molecule has 0 spiro atoms. The highest BCUT2D eigenvalue weighted by Gasteiger charge is 2.44. The van der Waals surface area contributed by atoms with Crippen LogP contribution in [0.1, 0.15) is 44.2 Å². The van der Waals surface area contributed by atoms with Gasteiger partial charge in [-0.3, -0.25) is 4.79 Å². The summed E-state index contributed by atoms with van der Waals surface area (Å²) in [6.07, 6.45) is -14.3. The van der Waals surface area contributed by atoms with Crippen LogP contribution in [0, 0.1) is 18.6 Å². The van der Waals surface area contributed by atoms with Crippen molar-refractivity contribution in [3.05, 3.63) is 136 Å². The van der Waals surface area contributed by atoms with E-state index < -0.39 is 59.2 Å². The maximum atomic E-state index is 14.3. The van der Waals surface area contributed by atoms with Gasteiger partial charge in [-0.25, -0.2) is 8.78 Å². The molecule has 0 heterocycles. The fourth-order valence-corrected chi connectivity index (χ4v) is 3.85. The van der Waals surface area contributed by atoms with Crippen LogP contribution in [0.2, 0.25) is 0 Å². The highest BCUT2D eigenvalue weighted by molar-refractivity contribution is 5.95. The Kier molecular flexibility index (Phi) is 11.0. The number of nitrogens with one attached hydrogen (secondary N) is 1. The minimum Gasteiger partial charge on any atom is -0.428 e. The number of rotatable bonds is 8. The van der Waals surface area contributed by atoms with Gasteiger partial charge in [0.25, 0.3) is 5.91 Å². The minimum atomic E-state index is -5.11. The van der Waals surface area contributed by atoms with Crippen molar-refractivity contribution in [2.24, 2.45) is 5.73 Å². The number of carbonyl (C=O) groups excluding carboxylic acids is 1. The lowest BCUT2D eigenvalue weighted by atomic mass is 9.96. The van der Waals surface area contributed by atoms with E-state index in [0.29, 0.717) is 17.7 Å². The predicted octanol–water partition coefficient (Wildman–Crippen LogP) is 8.19. The first-order valence-corrected chi connectivity index (χ1v) is 12.7. The molecule has 3 N–H and O–H groups in total. The fourth-order valence-electron chi connectivity index (χ4n) is 3.85.